The maximum absolute atomic E-state index is 12.6. The van der Waals surface area contributed by atoms with Gasteiger partial charge in [-0.3, -0.25) is 4.79 Å². The van der Waals surface area contributed by atoms with Crippen LogP contribution in [0.5, 0.6) is 5.75 Å². The van der Waals surface area contributed by atoms with Gasteiger partial charge in [0.25, 0.3) is 5.91 Å². The van der Waals surface area contributed by atoms with E-state index < -0.39 is 12.1 Å². The first-order valence-corrected chi connectivity index (χ1v) is 5.73. The van der Waals surface area contributed by atoms with E-state index in [-0.39, 0.29) is 5.91 Å². The summed E-state index contributed by atoms with van der Waals surface area (Å²) in [5.41, 5.74) is 0. The Kier molecular flexibility index (Phi) is 4.12. The zero-order valence-corrected chi connectivity index (χ0v) is 10.3. The molecule has 19 heavy (non-hydrogen) atoms. The lowest BCUT2D eigenvalue weighted by Crippen LogP contribution is -2.35. The second-order valence-corrected chi connectivity index (χ2v) is 3.87. The van der Waals surface area contributed by atoms with Gasteiger partial charge in [-0.1, -0.05) is 0 Å². The monoisotopic (exact) mass is 264 g/mol. The van der Waals surface area contributed by atoms with E-state index in [9.17, 15) is 9.18 Å². The molecule has 0 saturated carbocycles. The van der Waals surface area contributed by atoms with E-state index in [1.165, 1.54) is 24.6 Å². The van der Waals surface area contributed by atoms with Crippen molar-refractivity contribution in [3.05, 3.63) is 48.4 Å². The molecular formula is C13H13FN2O3. The summed E-state index contributed by atoms with van der Waals surface area (Å²) in [6.45, 7) is 1.89. The van der Waals surface area contributed by atoms with Crippen molar-refractivity contribution in [3.8, 4) is 5.75 Å². The number of nitrogens with one attached hydrogen (secondary N) is 1. The van der Waals surface area contributed by atoms with E-state index in [2.05, 4.69) is 10.3 Å². The summed E-state index contributed by atoms with van der Waals surface area (Å²) in [5, 5.41) is 2.66. The van der Waals surface area contributed by atoms with E-state index in [4.69, 9.17) is 9.15 Å². The third-order valence-corrected chi connectivity index (χ3v) is 2.40. The minimum atomic E-state index is -0.706. The quantitative estimate of drug-likeness (QED) is 0.838. The van der Waals surface area contributed by atoms with Crippen LogP contribution in [-0.2, 0) is 11.3 Å². The van der Waals surface area contributed by atoms with Crippen LogP contribution in [-0.4, -0.2) is 17.0 Å². The third kappa shape index (κ3) is 3.80. The molecule has 0 saturated heterocycles. The summed E-state index contributed by atoms with van der Waals surface area (Å²) < 4.78 is 23.0. The van der Waals surface area contributed by atoms with Crippen LogP contribution in [0.25, 0.3) is 0 Å². The highest BCUT2D eigenvalue weighted by atomic mass is 19.1. The Hall–Kier alpha value is -2.37. The fourth-order valence-electron chi connectivity index (χ4n) is 1.42. The van der Waals surface area contributed by atoms with Crippen LogP contribution in [0.3, 0.4) is 0 Å². The molecule has 1 amide bonds. The number of rotatable bonds is 5. The molecule has 0 bridgehead atoms. The highest BCUT2D eigenvalue weighted by molar-refractivity contribution is 5.80. The van der Waals surface area contributed by atoms with Gasteiger partial charge in [0, 0.05) is 0 Å². The molecule has 0 aliphatic carbocycles. The molecule has 0 aliphatic rings. The van der Waals surface area contributed by atoms with Crippen LogP contribution in [0, 0.1) is 5.95 Å². The Morgan fingerprint density at radius 3 is 3.00 bits per heavy atom. The number of halogens is 1. The average Bonchev–Trinajstić information content (AvgIpc) is 2.91. The number of ether oxygens (including phenoxy) is 1. The van der Waals surface area contributed by atoms with Crippen molar-refractivity contribution in [1.29, 1.82) is 0 Å². The minimum Gasteiger partial charge on any atom is -0.479 e. The first-order chi connectivity index (χ1) is 9.15. The normalized spacial score (nSPS) is 11.9. The number of carbonyl (C=O) groups is 1. The van der Waals surface area contributed by atoms with Crippen LogP contribution >= 0.6 is 0 Å². The van der Waals surface area contributed by atoms with Crippen LogP contribution in [0.15, 0.2) is 41.1 Å². The molecule has 0 fully saturated rings. The van der Waals surface area contributed by atoms with Crippen molar-refractivity contribution in [2.45, 2.75) is 19.6 Å². The Balaban J connectivity index is 1.83. The maximum Gasteiger partial charge on any atom is 0.261 e. The summed E-state index contributed by atoms with van der Waals surface area (Å²) >= 11 is 0. The second-order valence-electron chi connectivity index (χ2n) is 3.87. The predicted octanol–water partition coefficient (Wildman–Crippen LogP) is 1.90. The summed E-state index contributed by atoms with van der Waals surface area (Å²) in [6.07, 6.45) is 2.05. The number of hydrogen-bond acceptors (Lipinski definition) is 4. The molecule has 100 valence electrons. The number of furan rings is 1. The van der Waals surface area contributed by atoms with E-state index >= 15 is 0 Å². The molecule has 1 unspecified atom stereocenters. The summed E-state index contributed by atoms with van der Waals surface area (Å²) in [7, 11) is 0. The Morgan fingerprint density at radius 1 is 1.53 bits per heavy atom. The smallest absolute Gasteiger partial charge is 0.261 e. The fourth-order valence-corrected chi connectivity index (χ4v) is 1.42. The molecular weight excluding hydrogens is 251 g/mol. The maximum atomic E-state index is 12.6. The summed E-state index contributed by atoms with van der Waals surface area (Å²) in [6, 6.07) is 6.09. The Bertz CT molecular complexity index is 525. The number of pyridine rings is 1. The highest BCUT2D eigenvalue weighted by Gasteiger charge is 2.14. The van der Waals surface area contributed by atoms with E-state index in [1.807, 2.05) is 0 Å². The number of hydrogen-bond donors (Lipinski definition) is 1. The molecule has 2 heterocycles. The summed E-state index contributed by atoms with van der Waals surface area (Å²) in [4.78, 5) is 15.2. The molecule has 0 spiro atoms. The highest BCUT2D eigenvalue weighted by Crippen LogP contribution is 2.10. The molecule has 0 radical (unpaired) electrons. The number of aromatic nitrogens is 1. The minimum absolute atomic E-state index is 0.291. The zero-order valence-electron chi connectivity index (χ0n) is 10.3. The van der Waals surface area contributed by atoms with E-state index in [1.54, 1.807) is 19.1 Å². The number of nitrogens with zero attached hydrogens (tertiary/aromatic N) is 1. The molecule has 1 atom stereocenters. The van der Waals surface area contributed by atoms with Crippen LogP contribution in [0.2, 0.25) is 0 Å². The molecule has 0 aromatic carbocycles. The van der Waals surface area contributed by atoms with Gasteiger partial charge in [0.15, 0.2) is 6.10 Å². The second kappa shape index (κ2) is 5.99. The van der Waals surface area contributed by atoms with Gasteiger partial charge >= 0.3 is 0 Å². The lowest BCUT2D eigenvalue weighted by molar-refractivity contribution is -0.127. The third-order valence-electron chi connectivity index (χ3n) is 2.40. The van der Waals surface area contributed by atoms with Gasteiger partial charge in [-0.2, -0.15) is 4.39 Å². The topological polar surface area (TPSA) is 64.4 Å². The van der Waals surface area contributed by atoms with Crippen LogP contribution in [0.1, 0.15) is 12.7 Å². The molecule has 1 N–H and O–H groups in total. The average molecular weight is 264 g/mol. The van der Waals surface area contributed by atoms with Crippen LogP contribution < -0.4 is 10.1 Å². The van der Waals surface area contributed by atoms with Gasteiger partial charge in [0.05, 0.1) is 19.0 Å². The van der Waals surface area contributed by atoms with Gasteiger partial charge in [-0.15, -0.1) is 0 Å². The van der Waals surface area contributed by atoms with E-state index in [0.717, 1.165) is 0 Å². The van der Waals surface area contributed by atoms with E-state index in [0.29, 0.717) is 18.1 Å². The van der Waals surface area contributed by atoms with Gasteiger partial charge in [0.1, 0.15) is 11.5 Å². The van der Waals surface area contributed by atoms with Crippen molar-refractivity contribution >= 4 is 5.91 Å². The summed E-state index contributed by atoms with van der Waals surface area (Å²) in [5.74, 6) is 0.106. The standard InChI is InChI=1S/C13H13FN2O3/c1-9(19-11-4-5-12(14)15-8-11)13(17)16-7-10-3-2-6-18-10/h2-6,8-9H,7H2,1H3,(H,16,17). The first kappa shape index (κ1) is 13.1. The number of carbonyl (C=O) groups excluding carboxylic acids is 1. The molecule has 2 aromatic heterocycles. The van der Waals surface area contributed by atoms with Crippen molar-refractivity contribution in [2.75, 3.05) is 0 Å². The SMILES string of the molecule is CC(Oc1ccc(F)nc1)C(=O)NCc1ccco1. The lowest BCUT2D eigenvalue weighted by Gasteiger charge is -2.13. The van der Waals surface area contributed by atoms with Gasteiger partial charge in [-0.05, 0) is 31.2 Å². The van der Waals surface area contributed by atoms with Gasteiger partial charge < -0.3 is 14.5 Å². The van der Waals surface area contributed by atoms with Crippen molar-refractivity contribution in [2.24, 2.45) is 0 Å². The largest absolute Gasteiger partial charge is 0.479 e. The number of amides is 1. The molecule has 0 aliphatic heterocycles. The fraction of sp³-hybridized carbons (Fsp3) is 0.231. The van der Waals surface area contributed by atoms with Gasteiger partial charge in [-0.25, -0.2) is 4.98 Å². The Labute approximate surface area is 109 Å². The lowest BCUT2D eigenvalue weighted by atomic mass is 10.3. The predicted molar refractivity (Wildman–Crippen MR) is 64.8 cm³/mol. The molecule has 2 rings (SSSR count). The Morgan fingerprint density at radius 2 is 2.37 bits per heavy atom. The van der Waals surface area contributed by atoms with Crippen molar-refractivity contribution in [3.63, 3.8) is 0 Å². The zero-order chi connectivity index (χ0) is 13.7. The molecule has 2 aromatic rings. The van der Waals surface area contributed by atoms with Crippen molar-refractivity contribution in [1.82, 2.24) is 10.3 Å². The van der Waals surface area contributed by atoms with Crippen molar-refractivity contribution < 1.29 is 18.3 Å². The molecule has 5 nitrogen and oxygen atoms in total. The van der Waals surface area contributed by atoms with Gasteiger partial charge in [0.2, 0.25) is 5.95 Å². The van der Waals surface area contributed by atoms with Crippen LogP contribution in [0.4, 0.5) is 4.39 Å². The molecule has 6 heteroatoms. The first-order valence-electron chi connectivity index (χ1n) is 5.73.